The molecule has 118 valence electrons. The molecule has 0 aliphatic carbocycles. The third-order valence-corrected chi connectivity index (χ3v) is 3.15. The van der Waals surface area contributed by atoms with E-state index in [9.17, 15) is 19.7 Å². The van der Waals surface area contributed by atoms with Gasteiger partial charge in [-0.1, -0.05) is 22.5 Å². The predicted molar refractivity (Wildman–Crippen MR) is 84.1 cm³/mol. The van der Waals surface area contributed by atoms with E-state index in [2.05, 4.69) is 27.8 Å². The molecule has 1 aromatic carbocycles. The summed E-state index contributed by atoms with van der Waals surface area (Å²) in [6.07, 6.45) is 2.90. The molecule has 8 heteroatoms. The lowest BCUT2D eigenvalue weighted by Gasteiger charge is -2.09. The van der Waals surface area contributed by atoms with Crippen LogP contribution in [0.25, 0.3) is 0 Å². The number of nitro benzene ring substituents is 1. The first-order valence-electron chi connectivity index (χ1n) is 6.45. The first kappa shape index (κ1) is 17.8. The molecule has 0 aliphatic heterocycles. The van der Waals surface area contributed by atoms with Crippen LogP contribution < -0.4 is 10.1 Å². The minimum atomic E-state index is -0.600. The molecule has 0 bridgehead atoms. The van der Waals surface area contributed by atoms with Gasteiger partial charge in [-0.15, -0.1) is 0 Å². The molecule has 0 fully saturated rings. The lowest BCUT2D eigenvalue weighted by molar-refractivity contribution is -0.386. The number of nitrogens with one attached hydrogen (secondary N) is 1. The number of amides is 1. The zero-order chi connectivity index (χ0) is 16.5. The number of nitrogens with zero attached hydrogens (tertiary/aromatic N) is 1. The molecule has 1 rings (SSSR count). The Labute approximate surface area is 135 Å². The van der Waals surface area contributed by atoms with Crippen LogP contribution in [0.15, 0.2) is 29.3 Å². The van der Waals surface area contributed by atoms with Crippen LogP contribution in [0.3, 0.4) is 0 Å². The molecule has 0 spiro atoms. The van der Waals surface area contributed by atoms with Crippen molar-refractivity contribution >= 4 is 33.8 Å². The summed E-state index contributed by atoms with van der Waals surface area (Å²) in [7, 11) is 0. The van der Waals surface area contributed by atoms with Crippen molar-refractivity contribution in [3.05, 3.63) is 44.9 Å². The fourth-order valence-corrected chi connectivity index (χ4v) is 2.13. The minimum Gasteiger partial charge on any atom is -0.486 e. The highest BCUT2D eigenvalue weighted by Crippen LogP contribution is 2.33. The van der Waals surface area contributed by atoms with E-state index in [0.29, 0.717) is 30.1 Å². The van der Waals surface area contributed by atoms with Gasteiger partial charge in [0.1, 0.15) is 0 Å². The molecule has 0 heterocycles. The van der Waals surface area contributed by atoms with E-state index in [-0.39, 0.29) is 29.5 Å². The van der Waals surface area contributed by atoms with Gasteiger partial charge >= 0.3 is 5.69 Å². The first-order chi connectivity index (χ1) is 10.5. The Balaban J connectivity index is 2.61. The van der Waals surface area contributed by atoms with Crippen molar-refractivity contribution in [2.75, 3.05) is 13.2 Å². The Kier molecular flexibility index (Phi) is 7.24. The first-order valence-corrected chi connectivity index (χ1v) is 7.25. The van der Waals surface area contributed by atoms with Crippen molar-refractivity contribution in [1.82, 2.24) is 5.32 Å². The Morgan fingerprint density at radius 2 is 2.18 bits per heavy atom. The predicted octanol–water partition coefficient (Wildman–Crippen LogP) is 2.63. The zero-order valence-corrected chi connectivity index (χ0v) is 13.3. The maximum Gasteiger partial charge on any atom is 0.312 e. The van der Waals surface area contributed by atoms with Gasteiger partial charge in [-0.05, 0) is 25.0 Å². The summed E-state index contributed by atoms with van der Waals surface area (Å²) >= 11 is 3.11. The van der Waals surface area contributed by atoms with Gasteiger partial charge in [0.15, 0.2) is 6.29 Å². The third-order valence-electron chi connectivity index (χ3n) is 2.69. The summed E-state index contributed by atoms with van der Waals surface area (Å²) in [4.78, 5) is 32.4. The van der Waals surface area contributed by atoms with Crippen molar-refractivity contribution in [3.63, 3.8) is 0 Å². The summed E-state index contributed by atoms with van der Waals surface area (Å²) < 4.78 is 5.81. The number of ether oxygens (including phenoxy) is 1. The van der Waals surface area contributed by atoms with E-state index in [1.54, 1.807) is 0 Å². The van der Waals surface area contributed by atoms with Crippen molar-refractivity contribution in [2.45, 2.75) is 12.8 Å². The summed E-state index contributed by atoms with van der Waals surface area (Å²) in [5, 5.41) is 13.6. The van der Waals surface area contributed by atoms with E-state index in [1.165, 1.54) is 18.2 Å². The van der Waals surface area contributed by atoms with Crippen molar-refractivity contribution in [1.29, 1.82) is 0 Å². The van der Waals surface area contributed by atoms with Gasteiger partial charge in [-0.3, -0.25) is 19.7 Å². The molecule has 0 unspecified atom stereocenters. The number of unbranched alkanes of at least 4 members (excludes halogenated alkanes) is 1. The van der Waals surface area contributed by atoms with Crippen LogP contribution in [-0.2, 0) is 4.79 Å². The van der Waals surface area contributed by atoms with Crippen molar-refractivity contribution in [2.24, 2.45) is 0 Å². The fraction of sp³-hybridized carbons (Fsp3) is 0.286. The molecule has 0 radical (unpaired) electrons. The standard InChI is InChI=1S/C14H15BrN2O5/c1-2-13(19)16-5-3-4-6-22-14-10(9-18)7-11(15)8-12(14)17(20)21/h2,7-9H,1,3-6H2,(H,16,19). The van der Waals surface area contributed by atoms with Crippen LogP contribution in [0.2, 0.25) is 0 Å². The van der Waals surface area contributed by atoms with E-state index >= 15 is 0 Å². The van der Waals surface area contributed by atoms with Crippen LogP contribution >= 0.6 is 15.9 Å². The quantitative estimate of drug-likeness (QED) is 0.237. The van der Waals surface area contributed by atoms with Gasteiger partial charge in [0.2, 0.25) is 11.7 Å². The number of carbonyl (C=O) groups excluding carboxylic acids is 2. The molecular formula is C14H15BrN2O5. The molecule has 7 nitrogen and oxygen atoms in total. The lowest BCUT2D eigenvalue weighted by Crippen LogP contribution is -2.22. The molecular weight excluding hydrogens is 356 g/mol. The number of rotatable bonds is 9. The number of carbonyl (C=O) groups is 2. The Morgan fingerprint density at radius 3 is 2.77 bits per heavy atom. The number of aldehydes is 1. The van der Waals surface area contributed by atoms with Crippen LogP contribution in [0, 0.1) is 10.1 Å². The van der Waals surface area contributed by atoms with Crippen LogP contribution in [0.4, 0.5) is 5.69 Å². The molecule has 1 amide bonds. The molecule has 0 aromatic heterocycles. The monoisotopic (exact) mass is 370 g/mol. The van der Waals surface area contributed by atoms with Crippen LogP contribution in [-0.4, -0.2) is 30.3 Å². The molecule has 22 heavy (non-hydrogen) atoms. The number of hydrogen-bond acceptors (Lipinski definition) is 5. The van der Waals surface area contributed by atoms with E-state index in [4.69, 9.17) is 4.74 Å². The summed E-state index contributed by atoms with van der Waals surface area (Å²) in [6.45, 7) is 3.99. The summed E-state index contributed by atoms with van der Waals surface area (Å²) in [6, 6.07) is 2.74. The third kappa shape index (κ3) is 5.28. The van der Waals surface area contributed by atoms with Crippen molar-refractivity contribution < 1.29 is 19.2 Å². The van der Waals surface area contributed by atoms with E-state index in [0.717, 1.165) is 0 Å². The van der Waals surface area contributed by atoms with Crippen LogP contribution in [0.5, 0.6) is 5.75 Å². The largest absolute Gasteiger partial charge is 0.486 e. The molecule has 1 N–H and O–H groups in total. The highest BCUT2D eigenvalue weighted by Gasteiger charge is 2.20. The van der Waals surface area contributed by atoms with E-state index in [1.807, 2.05) is 0 Å². The number of halogens is 1. The molecule has 0 saturated carbocycles. The second kappa shape index (κ2) is 8.93. The average Bonchev–Trinajstić information content (AvgIpc) is 2.50. The van der Waals surface area contributed by atoms with Crippen molar-refractivity contribution in [3.8, 4) is 5.75 Å². The normalized spacial score (nSPS) is 9.86. The van der Waals surface area contributed by atoms with Gasteiger partial charge in [-0.25, -0.2) is 0 Å². The average molecular weight is 371 g/mol. The van der Waals surface area contributed by atoms with Gasteiger partial charge in [-0.2, -0.15) is 0 Å². The lowest BCUT2D eigenvalue weighted by atomic mass is 10.2. The number of hydrogen-bond donors (Lipinski definition) is 1. The Morgan fingerprint density at radius 1 is 1.45 bits per heavy atom. The Bertz CT molecular complexity index is 589. The number of benzene rings is 1. The molecule has 0 atom stereocenters. The second-order valence-corrected chi connectivity index (χ2v) is 5.18. The minimum absolute atomic E-state index is 0.0432. The summed E-state index contributed by atoms with van der Waals surface area (Å²) in [5.74, 6) is -0.300. The number of nitro groups is 1. The maximum absolute atomic E-state index is 11.0. The van der Waals surface area contributed by atoms with E-state index < -0.39 is 4.92 Å². The fourth-order valence-electron chi connectivity index (χ4n) is 1.67. The van der Waals surface area contributed by atoms with Gasteiger partial charge in [0, 0.05) is 17.1 Å². The molecule has 1 aromatic rings. The highest BCUT2D eigenvalue weighted by molar-refractivity contribution is 9.10. The Hall–Kier alpha value is -2.22. The second-order valence-electron chi connectivity index (χ2n) is 4.27. The smallest absolute Gasteiger partial charge is 0.312 e. The highest BCUT2D eigenvalue weighted by atomic mass is 79.9. The summed E-state index contributed by atoms with van der Waals surface area (Å²) in [5.41, 5.74) is -0.155. The van der Waals surface area contributed by atoms with Gasteiger partial charge in [0.25, 0.3) is 0 Å². The van der Waals surface area contributed by atoms with Gasteiger partial charge in [0.05, 0.1) is 17.1 Å². The molecule has 0 saturated heterocycles. The molecule has 0 aliphatic rings. The maximum atomic E-state index is 11.0. The SMILES string of the molecule is C=CC(=O)NCCCCOc1c(C=O)cc(Br)cc1[N+](=O)[O-]. The zero-order valence-electron chi connectivity index (χ0n) is 11.7. The van der Waals surface area contributed by atoms with Crippen LogP contribution in [0.1, 0.15) is 23.2 Å². The topological polar surface area (TPSA) is 98.5 Å². The van der Waals surface area contributed by atoms with Gasteiger partial charge < -0.3 is 10.1 Å².